The summed E-state index contributed by atoms with van der Waals surface area (Å²) in [7, 11) is 0. The van der Waals surface area contributed by atoms with Crippen LogP contribution < -0.4 is 5.73 Å². The molecule has 2 nitrogen and oxygen atoms in total. The van der Waals surface area contributed by atoms with E-state index in [0.29, 0.717) is 5.56 Å². The molecule has 0 radical (unpaired) electrons. The number of hydrogen-bond acceptors (Lipinski definition) is 3. The van der Waals surface area contributed by atoms with E-state index in [1.54, 1.807) is 11.8 Å². The highest BCUT2D eigenvalue weighted by Gasteiger charge is 2.04. The lowest BCUT2D eigenvalue weighted by Gasteiger charge is -2.04. The molecule has 1 aromatic carbocycles. The zero-order chi connectivity index (χ0) is 9.84. The lowest BCUT2D eigenvalue weighted by atomic mass is 10.1. The summed E-state index contributed by atoms with van der Waals surface area (Å²) < 4.78 is 0. The van der Waals surface area contributed by atoms with E-state index >= 15 is 0 Å². The van der Waals surface area contributed by atoms with Gasteiger partial charge in [0.2, 0.25) is 0 Å². The molecule has 14 heavy (non-hydrogen) atoms. The van der Waals surface area contributed by atoms with Crippen LogP contribution in [0.2, 0.25) is 0 Å². The van der Waals surface area contributed by atoms with Crippen molar-refractivity contribution in [2.24, 2.45) is 5.73 Å². The summed E-state index contributed by atoms with van der Waals surface area (Å²) in [6, 6.07) is 5.68. The maximum Gasteiger partial charge on any atom is 0.176 e. The van der Waals surface area contributed by atoms with Gasteiger partial charge in [0.15, 0.2) is 5.78 Å². The number of carbonyl (C=O) groups is 1. The summed E-state index contributed by atoms with van der Waals surface area (Å²) in [5.41, 5.74) is 7.11. The van der Waals surface area contributed by atoms with Gasteiger partial charge >= 0.3 is 0 Å². The molecule has 0 fully saturated rings. The van der Waals surface area contributed by atoms with E-state index in [0.717, 1.165) is 5.56 Å². The number of carbonyl (C=O) groups excluding carboxylic acids is 1. The molecule has 0 aliphatic carbocycles. The molecule has 0 amide bonds. The standard InChI is InChI=1S/C10H13NOS.ClH/c1-7-5-8(9(12)6-11)3-4-10(7)13-2;/h3-5H,6,11H2,1-2H3;1H. The summed E-state index contributed by atoms with van der Waals surface area (Å²) >= 11 is 1.68. The van der Waals surface area contributed by atoms with Crippen molar-refractivity contribution >= 4 is 30.0 Å². The van der Waals surface area contributed by atoms with Gasteiger partial charge in [-0.05, 0) is 30.9 Å². The van der Waals surface area contributed by atoms with Crippen LogP contribution in [-0.2, 0) is 0 Å². The number of hydrogen-bond donors (Lipinski definition) is 1. The lowest BCUT2D eigenvalue weighted by Crippen LogP contribution is -2.13. The van der Waals surface area contributed by atoms with Gasteiger partial charge in [-0.1, -0.05) is 6.07 Å². The van der Waals surface area contributed by atoms with Crippen molar-refractivity contribution in [3.05, 3.63) is 29.3 Å². The maximum absolute atomic E-state index is 11.2. The largest absolute Gasteiger partial charge is 0.324 e. The van der Waals surface area contributed by atoms with Gasteiger partial charge in [0.05, 0.1) is 6.54 Å². The molecule has 0 bridgehead atoms. The van der Waals surface area contributed by atoms with E-state index in [4.69, 9.17) is 5.73 Å². The molecule has 4 heteroatoms. The number of thioether (sulfide) groups is 1. The highest BCUT2D eigenvalue weighted by atomic mass is 35.5. The molecule has 0 aromatic heterocycles. The van der Waals surface area contributed by atoms with Crippen LogP contribution in [0.5, 0.6) is 0 Å². The molecule has 0 spiro atoms. The summed E-state index contributed by atoms with van der Waals surface area (Å²) in [4.78, 5) is 12.4. The Morgan fingerprint density at radius 2 is 2.14 bits per heavy atom. The third-order valence-corrected chi connectivity index (χ3v) is 2.80. The van der Waals surface area contributed by atoms with Crippen LogP contribution in [0.15, 0.2) is 23.1 Å². The Hall–Kier alpha value is -0.510. The van der Waals surface area contributed by atoms with Crippen LogP contribution in [0.25, 0.3) is 0 Å². The third-order valence-electron chi connectivity index (χ3n) is 1.90. The van der Waals surface area contributed by atoms with E-state index in [2.05, 4.69) is 0 Å². The third kappa shape index (κ3) is 3.01. The average molecular weight is 232 g/mol. The van der Waals surface area contributed by atoms with Gasteiger partial charge in [-0.15, -0.1) is 24.2 Å². The van der Waals surface area contributed by atoms with Crippen molar-refractivity contribution in [3.8, 4) is 0 Å². The molecule has 2 N–H and O–H groups in total. The molecule has 78 valence electrons. The summed E-state index contributed by atoms with van der Waals surface area (Å²) in [6.07, 6.45) is 2.02. The highest BCUT2D eigenvalue weighted by Crippen LogP contribution is 2.20. The zero-order valence-electron chi connectivity index (χ0n) is 8.24. The number of ketones is 1. The minimum Gasteiger partial charge on any atom is -0.324 e. The Bertz CT molecular complexity index is 328. The lowest BCUT2D eigenvalue weighted by molar-refractivity contribution is 0.100. The Morgan fingerprint density at radius 3 is 2.57 bits per heavy atom. The molecule has 0 saturated heterocycles. The highest BCUT2D eigenvalue weighted by molar-refractivity contribution is 7.98. The summed E-state index contributed by atoms with van der Waals surface area (Å²) in [5, 5.41) is 0. The SMILES string of the molecule is CSc1ccc(C(=O)CN)cc1C.Cl. The van der Waals surface area contributed by atoms with Gasteiger partial charge in [-0.3, -0.25) is 4.79 Å². The Kier molecular flexibility index (Phi) is 5.84. The second-order valence-corrected chi connectivity index (χ2v) is 3.66. The van der Waals surface area contributed by atoms with Crippen molar-refractivity contribution < 1.29 is 4.79 Å². The fraction of sp³-hybridized carbons (Fsp3) is 0.300. The van der Waals surface area contributed by atoms with Crippen LogP contribution >= 0.6 is 24.2 Å². The second-order valence-electron chi connectivity index (χ2n) is 2.81. The first kappa shape index (κ1) is 13.5. The predicted octanol–water partition coefficient (Wildman–Crippen LogP) is 2.28. The fourth-order valence-electron chi connectivity index (χ4n) is 1.17. The van der Waals surface area contributed by atoms with Crippen molar-refractivity contribution in [1.29, 1.82) is 0 Å². The first-order valence-corrected chi connectivity index (χ1v) is 5.29. The van der Waals surface area contributed by atoms with E-state index in [1.807, 2.05) is 31.4 Å². The second kappa shape index (κ2) is 6.06. The summed E-state index contributed by atoms with van der Waals surface area (Å²) in [5.74, 6) is -0.00393. The maximum atomic E-state index is 11.2. The molecule has 1 rings (SSSR count). The Morgan fingerprint density at radius 1 is 1.50 bits per heavy atom. The number of nitrogens with two attached hydrogens (primary N) is 1. The number of Topliss-reactive ketones (excluding diaryl/α,β-unsaturated/α-hetero) is 1. The van der Waals surface area contributed by atoms with E-state index < -0.39 is 0 Å². The van der Waals surface area contributed by atoms with Gasteiger partial charge in [-0.25, -0.2) is 0 Å². The average Bonchev–Trinajstić information content (AvgIpc) is 2.16. The quantitative estimate of drug-likeness (QED) is 0.641. The van der Waals surface area contributed by atoms with Gasteiger partial charge in [0, 0.05) is 10.5 Å². The minimum atomic E-state index is -0.00393. The van der Waals surface area contributed by atoms with Gasteiger partial charge < -0.3 is 5.73 Å². The normalized spacial score (nSPS) is 9.36. The monoisotopic (exact) mass is 231 g/mol. The van der Waals surface area contributed by atoms with Crippen molar-refractivity contribution in [3.63, 3.8) is 0 Å². The van der Waals surface area contributed by atoms with Gasteiger partial charge in [0.25, 0.3) is 0 Å². The molecular formula is C10H14ClNOS. The molecule has 0 aliphatic heterocycles. The zero-order valence-corrected chi connectivity index (χ0v) is 9.87. The molecule has 1 aromatic rings. The Labute approximate surface area is 94.7 Å². The molecule has 0 heterocycles. The topological polar surface area (TPSA) is 43.1 Å². The first-order valence-electron chi connectivity index (χ1n) is 4.07. The number of halogens is 1. The van der Waals surface area contributed by atoms with Crippen LogP contribution in [0.3, 0.4) is 0 Å². The van der Waals surface area contributed by atoms with Crippen LogP contribution in [0.4, 0.5) is 0 Å². The smallest absolute Gasteiger partial charge is 0.176 e. The number of rotatable bonds is 3. The van der Waals surface area contributed by atoms with Crippen LogP contribution in [-0.4, -0.2) is 18.6 Å². The number of benzene rings is 1. The first-order chi connectivity index (χ1) is 6.19. The molecule has 0 unspecified atom stereocenters. The molecule has 0 saturated carbocycles. The van der Waals surface area contributed by atoms with E-state index in [9.17, 15) is 4.79 Å². The summed E-state index contributed by atoms with van der Waals surface area (Å²) in [6.45, 7) is 2.08. The number of aryl methyl sites for hydroxylation is 1. The van der Waals surface area contributed by atoms with Crippen molar-refractivity contribution in [2.45, 2.75) is 11.8 Å². The fourth-order valence-corrected chi connectivity index (χ4v) is 1.75. The Balaban J connectivity index is 0.00000169. The van der Waals surface area contributed by atoms with Crippen molar-refractivity contribution in [1.82, 2.24) is 0 Å². The van der Waals surface area contributed by atoms with E-state index in [-0.39, 0.29) is 24.7 Å². The van der Waals surface area contributed by atoms with Crippen molar-refractivity contribution in [2.75, 3.05) is 12.8 Å². The predicted molar refractivity (Wildman–Crippen MR) is 63.6 cm³/mol. The van der Waals surface area contributed by atoms with E-state index in [1.165, 1.54) is 4.90 Å². The minimum absolute atomic E-state index is 0. The molecule has 0 atom stereocenters. The van der Waals surface area contributed by atoms with Gasteiger partial charge in [-0.2, -0.15) is 0 Å². The molecular weight excluding hydrogens is 218 g/mol. The van der Waals surface area contributed by atoms with Crippen LogP contribution in [0.1, 0.15) is 15.9 Å². The van der Waals surface area contributed by atoms with Gasteiger partial charge in [0.1, 0.15) is 0 Å². The molecule has 0 aliphatic rings. The van der Waals surface area contributed by atoms with Crippen LogP contribution in [0, 0.1) is 6.92 Å².